The summed E-state index contributed by atoms with van der Waals surface area (Å²) >= 11 is 0. The highest BCUT2D eigenvalue weighted by Gasteiger charge is 2.18. The molecule has 0 saturated carbocycles. The summed E-state index contributed by atoms with van der Waals surface area (Å²) in [4.78, 5) is 8.98. The molecule has 0 amide bonds. The van der Waals surface area contributed by atoms with Crippen LogP contribution in [0.5, 0.6) is 0 Å². The van der Waals surface area contributed by atoms with Crippen LogP contribution >= 0.6 is 0 Å². The zero-order valence-corrected chi connectivity index (χ0v) is 26.5. The molecule has 232 valence electrons. The fraction of sp³-hybridized carbons (Fsp3) is 0.636. The first-order chi connectivity index (χ1) is 19.6. The highest BCUT2D eigenvalue weighted by Crippen LogP contribution is 2.20. The van der Waals surface area contributed by atoms with E-state index < -0.39 is 19.9 Å². The summed E-state index contributed by atoms with van der Waals surface area (Å²) in [5, 5.41) is 13.9. The second-order valence-corrected chi connectivity index (χ2v) is 12.9. The van der Waals surface area contributed by atoms with E-state index in [1.165, 1.54) is 114 Å². The van der Waals surface area contributed by atoms with Crippen LogP contribution in [-0.2, 0) is 15.7 Å². The van der Waals surface area contributed by atoms with Gasteiger partial charge in [-0.2, -0.15) is 8.42 Å². The second-order valence-electron chi connectivity index (χ2n) is 11.5. The van der Waals surface area contributed by atoms with E-state index in [2.05, 4.69) is 56.4 Å². The fourth-order valence-electron chi connectivity index (χ4n) is 4.79. The van der Waals surface area contributed by atoms with Crippen molar-refractivity contribution < 1.29 is 17.9 Å². The summed E-state index contributed by atoms with van der Waals surface area (Å²) in [6.07, 6.45) is 22.9. The summed E-state index contributed by atoms with van der Waals surface area (Å²) < 4.78 is 29.6. The van der Waals surface area contributed by atoms with E-state index >= 15 is 0 Å². The Morgan fingerprint density at radius 1 is 0.732 bits per heavy atom. The highest BCUT2D eigenvalue weighted by molar-refractivity contribution is 7.85. The Balaban J connectivity index is 0.000000537. The predicted molar refractivity (Wildman–Crippen MR) is 170 cm³/mol. The zero-order valence-electron chi connectivity index (χ0n) is 25.7. The Hall–Kier alpha value is -2.29. The number of hydrogen-bond donors (Lipinski definition) is 2. The standard InChI is InChI=1S/C27H49N.C6H5NO5S/c1-4-5-6-7-8-9-10-11-12-13-14-15-16-17-18-22-25-28-27(2,3)26-23-20-19-21-24-26;8-7(9)5-2-1-3-6(4-5)13(10,11)12/h19-21,23-24,28H,4-18,22,25H2,1-3H3;1-4H,(H,10,11,12). The molecule has 0 atom stereocenters. The molecule has 0 fully saturated rings. The average Bonchev–Trinajstić information content (AvgIpc) is 2.95. The maximum absolute atomic E-state index is 10.5. The van der Waals surface area contributed by atoms with Crippen molar-refractivity contribution in [1.82, 2.24) is 5.32 Å². The molecule has 0 saturated heterocycles. The Bertz CT molecular complexity index is 1060. The van der Waals surface area contributed by atoms with Crippen LogP contribution in [0.4, 0.5) is 5.69 Å². The first-order valence-corrected chi connectivity index (χ1v) is 17.0. The van der Waals surface area contributed by atoms with Crippen molar-refractivity contribution in [1.29, 1.82) is 0 Å². The third kappa shape index (κ3) is 18.0. The Labute approximate surface area is 249 Å². The van der Waals surface area contributed by atoms with Gasteiger partial charge in [-0.25, -0.2) is 0 Å². The van der Waals surface area contributed by atoms with Crippen LogP contribution in [0.1, 0.15) is 129 Å². The minimum absolute atomic E-state index is 0.0801. The van der Waals surface area contributed by atoms with Crippen molar-refractivity contribution in [3.8, 4) is 0 Å². The molecular formula is C33H54N2O5S. The molecule has 0 bridgehead atoms. The van der Waals surface area contributed by atoms with E-state index in [9.17, 15) is 18.5 Å². The van der Waals surface area contributed by atoms with Gasteiger partial charge in [-0.15, -0.1) is 0 Å². The normalized spacial score (nSPS) is 11.6. The molecule has 0 aromatic heterocycles. The van der Waals surface area contributed by atoms with Crippen LogP contribution in [-0.4, -0.2) is 24.4 Å². The summed E-state index contributed by atoms with van der Waals surface area (Å²) in [5.41, 5.74) is 1.08. The zero-order chi connectivity index (χ0) is 30.4. The maximum Gasteiger partial charge on any atom is 0.294 e. The molecule has 2 N–H and O–H groups in total. The van der Waals surface area contributed by atoms with Crippen molar-refractivity contribution in [3.63, 3.8) is 0 Å². The lowest BCUT2D eigenvalue weighted by Gasteiger charge is -2.27. The van der Waals surface area contributed by atoms with Gasteiger partial charge in [0.25, 0.3) is 15.8 Å². The third-order valence-corrected chi connectivity index (χ3v) is 8.27. The number of unbranched alkanes of at least 4 members (excludes halogenated alkanes) is 15. The van der Waals surface area contributed by atoms with Gasteiger partial charge in [0.2, 0.25) is 0 Å². The molecule has 0 aliphatic heterocycles. The SMILES string of the molecule is CCCCCCCCCCCCCCCCCCNC(C)(C)c1ccccc1.O=[N+]([O-])c1cccc(S(=O)(=O)O)c1. The van der Waals surface area contributed by atoms with E-state index in [0.717, 1.165) is 24.7 Å². The lowest BCUT2D eigenvalue weighted by molar-refractivity contribution is -0.385. The second kappa shape index (κ2) is 21.4. The lowest BCUT2D eigenvalue weighted by Crippen LogP contribution is -2.37. The van der Waals surface area contributed by atoms with Crippen molar-refractivity contribution >= 4 is 15.8 Å². The molecule has 0 radical (unpaired) electrons. The van der Waals surface area contributed by atoms with Gasteiger partial charge in [-0.05, 0) is 38.4 Å². The van der Waals surface area contributed by atoms with Crippen LogP contribution in [0.3, 0.4) is 0 Å². The molecular weight excluding hydrogens is 536 g/mol. The van der Waals surface area contributed by atoms with Crippen LogP contribution in [0.2, 0.25) is 0 Å². The van der Waals surface area contributed by atoms with Crippen molar-refractivity contribution in [3.05, 3.63) is 70.3 Å². The molecule has 0 aliphatic rings. The van der Waals surface area contributed by atoms with Gasteiger partial charge in [0.05, 0.1) is 4.92 Å². The molecule has 8 heteroatoms. The van der Waals surface area contributed by atoms with Crippen LogP contribution in [0.15, 0.2) is 59.5 Å². The first kappa shape index (κ1) is 36.7. The fourth-order valence-corrected chi connectivity index (χ4v) is 5.31. The number of hydrogen-bond acceptors (Lipinski definition) is 5. The van der Waals surface area contributed by atoms with E-state index in [1.807, 2.05) is 0 Å². The topological polar surface area (TPSA) is 110 Å². The number of benzene rings is 2. The van der Waals surface area contributed by atoms with Gasteiger partial charge in [0.15, 0.2) is 0 Å². The van der Waals surface area contributed by atoms with Gasteiger partial charge < -0.3 is 5.32 Å². The molecule has 0 unspecified atom stereocenters. The van der Waals surface area contributed by atoms with Crippen molar-refractivity contribution in [2.45, 2.75) is 134 Å². The summed E-state index contributed by atoms with van der Waals surface area (Å²) in [6, 6.07) is 15.0. The van der Waals surface area contributed by atoms with Gasteiger partial charge in [0, 0.05) is 17.7 Å². The van der Waals surface area contributed by atoms with E-state index in [0.29, 0.717) is 0 Å². The van der Waals surface area contributed by atoms with E-state index in [4.69, 9.17) is 4.55 Å². The van der Waals surface area contributed by atoms with E-state index in [1.54, 1.807) is 0 Å². The summed E-state index contributed by atoms with van der Waals surface area (Å²) in [6.45, 7) is 8.00. The molecule has 2 aromatic carbocycles. The van der Waals surface area contributed by atoms with Gasteiger partial charge in [-0.1, -0.05) is 140 Å². The van der Waals surface area contributed by atoms with E-state index in [-0.39, 0.29) is 11.2 Å². The maximum atomic E-state index is 10.5. The monoisotopic (exact) mass is 590 g/mol. The Morgan fingerprint density at radius 3 is 1.63 bits per heavy atom. The smallest absolute Gasteiger partial charge is 0.294 e. The molecule has 0 heterocycles. The summed E-state index contributed by atoms with van der Waals surface area (Å²) in [5.74, 6) is 0. The van der Waals surface area contributed by atoms with Crippen LogP contribution < -0.4 is 5.32 Å². The van der Waals surface area contributed by atoms with Gasteiger partial charge in [0.1, 0.15) is 4.90 Å². The van der Waals surface area contributed by atoms with Crippen LogP contribution in [0.25, 0.3) is 0 Å². The molecule has 7 nitrogen and oxygen atoms in total. The number of non-ortho nitro benzene ring substituents is 1. The number of nitrogens with zero attached hydrogens (tertiary/aromatic N) is 1. The molecule has 0 aliphatic carbocycles. The summed E-state index contributed by atoms with van der Waals surface area (Å²) in [7, 11) is -4.36. The van der Waals surface area contributed by atoms with Gasteiger partial charge >= 0.3 is 0 Å². The molecule has 2 aromatic rings. The number of nitro groups is 1. The van der Waals surface area contributed by atoms with Crippen molar-refractivity contribution in [2.75, 3.05) is 6.54 Å². The molecule has 2 rings (SSSR count). The number of rotatable bonds is 21. The number of nitrogens with one attached hydrogen (secondary N) is 1. The molecule has 0 spiro atoms. The lowest BCUT2D eigenvalue weighted by atomic mass is 9.94. The van der Waals surface area contributed by atoms with Crippen molar-refractivity contribution in [2.24, 2.45) is 0 Å². The Kier molecular flexibility index (Phi) is 19.2. The van der Waals surface area contributed by atoms with Crippen LogP contribution in [0, 0.1) is 10.1 Å². The predicted octanol–water partition coefficient (Wildman–Crippen LogP) is 9.61. The minimum Gasteiger partial charge on any atom is -0.308 e. The number of nitro benzene ring substituents is 1. The Morgan fingerprint density at radius 2 is 1.20 bits per heavy atom. The largest absolute Gasteiger partial charge is 0.308 e. The quantitative estimate of drug-likeness (QED) is 0.0648. The third-order valence-electron chi connectivity index (χ3n) is 7.42. The molecule has 41 heavy (non-hydrogen) atoms. The highest BCUT2D eigenvalue weighted by atomic mass is 32.2. The minimum atomic E-state index is -4.36. The average molecular weight is 591 g/mol. The first-order valence-electron chi connectivity index (χ1n) is 15.6. The van der Waals surface area contributed by atoms with Gasteiger partial charge in [-0.3, -0.25) is 14.7 Å².